The molecule has 1 amide bonds. The molecule has 1 aromatic carbocycles. The van der Waals surface area contributed by atoms with Gasteiger partial charge in [-0.1, -0.05) is 12.1 Å². The maximum absolute atomic E-state index is 13.1. The SMILES string of the molecule is CC(=O)Nc1cc(Nc2cnccn2)nc(NC(C)c2ccc(F)cc2)c1. The monoisotopic (exact) mass is 366 g/mol. The molecular weight excluding hydrogens is 347 g/mol. The lowest BCUT2D eigenvalue weighted by molar-refractivity contribution is -0.114. The van der Waals surface area contributed by atoms with Gasteiger partial charge in [0, 0.05) is 43.2 Å². The van der Waals surface area contributed by atoms with E-state index < -0.39 is 0 Å². The van der Waals surface area contributed by atoms with Gasteiger partial charge in [0.05, 0.1) is 6.20 Å². The average Bonchev–Trinajstić information content (AvgIpc) is 2.62. The van der Waals surface area contributed by atoms with Crippen LogP contribution in [0.5, 0.6) is 0 Å². The van der Waals surface area contributed by atoms with Crippen molar-refractivity contribution in [3.05, 3.63) is 66.4 Å². The van der Waals surface area contributed by atoms with Crippen LogP contribution >= 0.6 is 0 Å². The molecule has 0 aliphatic heterocycles. The normalized spacial score (nSPS) is 11.5. The van der Waals surface area contributed by atoms with E-state index in [-0.39, 0.29) is 17.8 Å². The molecule has 1 atom stereocenters. The zero-order chi connectivity index (χ0) is 19.2. The van der Waals surface area contributed by atoms with E-state index in [4.69, 9.17) is 0 Å². The Morgan fingerprint density at radius 3 is 2.48 bits per heavy atom. The summed E-state index contributed by atoms with van der Waals surface area (Å²) in [6, 6.07) is 9.56. The number of carbonyl (C=O) groups excluding carboxylic acids is 1. The predicted octanol–water partition coefficient (Wildman–Crippen LogP) is 3.89. The van der Waals surface area contributed by atoms with Crippen LogP contribution in [0.2, 0.25) is 0 Å². The van der Waals surface area contributed by atoms with Gasteiger partial charge in [-0.3, -0.25) is 9.78 Å². The van der Waals surface area contributed by atoms with Gasteiger partial charge in [0.1, 0.15) is 23.3 Å². The molecule has 3 N–H and O–H groups in total. The summed E-state index contributed by atoms with van der Waals surface area (Å²) in [7, 11) is 0. The summed E-state index contributed by atoms with van der Waals surface area (Å²) < 4.78 is 13.1. The summed E-state index contributed by atoms with van der Waals surface area (Å²) >= 11 is 0. The van der Waals surface area contributed by atoms with Crippen LogP contribution in [-0.4, -0.2) is 20.9 Å². The van der Waals surface area contributed by atoms with Crippen molar-refractivity contribution in [2.45, 2.75) is 19.9 Å². The Labute approximate surface area is 156 Å². The third-order valence-corrected chi connectivity index (χ3v) is 3.70. The molecule has 1 unspecified atom stereocenters. The van der Waals surface area contributed by atoms with Gasteiger partial charge in [-0.15, -0.1) is 0 Å². The molecule has 8 heteroatoms. The topological polar surface area (TPSA) is 91.8 Å². The van der Waals surface area contributed by atoms with Gasteiger partial charge in [-0.05, 0) is 24.6 Å². The minimum atomic E-state index is -0.285. The Kier molecular flexibility index (Phi) is 5.55. The molecule has 0 fully saturated rings. The Balaban J connectivity index is 1.85. The summed E-state index contributed by atoms with van der Waals surface area (Å²) in [6.07, 6.45) is 4.71. The molecule has 0 bridgehead atoms. The van der Waals surface area contributed by atoms with E-state index in [9.17, 15) is 9.18 Å². The number of nitrogens with one attached hydrogen (secondary N) is 3. The fourth-order valence-corrected chi connectivity index (χ4v) is 2.50. The van der Waals surface area contributed by atoms with Gasteiger partial charge in [0.15, 0.2) is 0 Å². The molecular formula is C19H19FN6O. The number of nitrogens with zero attached hydrogens (tertiary/aromatic N) is 3. The first-order chi connectivity index (χ1) is 13.0. The van der Waals surface area contributed by atoms with Crippen LogP contribution in [0, 0.1) is 5.82 Å². The smallest absolute Gasteiger partial charge is 0.221 e. The number of anilines is 4. The molecule has 3 rings (SSSR count). The highest BCUT2D eigenvalue weighted by Gasteiger charge is 2.10. The zero-order valence-electron chi connectivity index (χ0n) is 14.9. The number of amides is 1. The van der Waals surface area contributed by atoms with E-state index in [0.717, 1.165) is 5.56 Å². The average molecular weight is 366 g/mol. The van der Waals surface area contributed by atoms with Crippen LogP contribution in [0.25, 0.3) is 0 Å². The van der Waals surface area contributed by atoms with Crippen LogP contribution in [0.4, 0.5) is 27.5 Å². The van der Waals surface area contributed by atoms with Crippen molar-refractivity contribution in [2.75, 3.05) is 16.0 Å². The number of halogens is 1. The fraction of sp³-hybridized carbons (Fsp3) is 0.158. The first kappa shape index (κ1) is 18.2. The molecule has 2 heterocycles. The third-order valence-electron chi connectivity index (χ3n) is 3.70. The van der Waals surface area contributed by atoms with Crippen molar-refractivity contribution in [1.82, 2.24) is 15.0 Å². The number of pyridine rings is 1. The van der Waals surface area contributed by atoms with Crippen LogP contribution < -0.4 is 16.0 Å². The van der Waals surface area contributed by atoms with Gasteiger partial charge >= 0.3 is 0 Å². The second-order valence-corrected chi connectivity index (χ2v) is 5.94. The first-order valence-corrected chi connectivity index (χ1v) is 8.34. The summed E-state index contributed by atoms with van der Waals surface area (Å²) in [5.74, 6) is 1.10. The standard InChI is InChI=1S/C19H19FN6O/c1-12(14-3-5-15(20)6-4-14)23-17-9-16(24-13(2)27)10-18(25-17)26-19-11-21-7-8-22-19/h3-12H,1-2H3,(H3,22,23,24,25,26,27). The van der Waals surface area contributed by atoms with E-state index in [0.29, 0.717) is 23.1 Å². The largest absolute Gasteiger partial charge is 0.363 e. The molecule has 2 aromatic heterocycles. The number of hydrogen-bond acceptors (Lipinski definition) is 6. The van der Waals surface area contributed by atoms with Crippen molar-refractivity contribution < 1.29 is 9.18 Å². The van der Waals surface area contributed by atoms with Crippen LogP contribution in [0.3, 0.4) is 0 Å². The maximum Gasteiger partial charge on any atom is 0.221 e. The Hall–Kier alpha value is -3.55. The molecule has 7 nitrogen and oxygen atoms in total. The third kappa shape index (κ3) is 5.21. The molecule has 0 aliphatic carbocycles. The van der Waals surface area contributed by atoms with Crippen molar-refractivity contribution in [1.29, 1.82) is 0 Å². The predicted molar refractivity (Wildman–Crippen MR) is 102 cm³/mol. The van der Waals surface area contributed by atoms with Gasteiger partial charge in [-0.25, -0.2) is 14.4 Å². The number of aromatic nitrogens is 3. The zero-order valence-corrected chi connectivity index (χ0v) is 14.9. The fourth-order valence-electron chi connectivity index (χ4n) is 2.50. The molecule has 0 radical (unpaired) electrons. The van der Waals surface area contributed by atoms with E-state index in [1.54, 1.807) is 42.9 Å². The summed E-state index contributed by atoms with van der Waals surface area (Å²) in [5.41, 5.74) is 1.49. The van der Waals surface area contributed by atoms with Gasteiger partial charge < -0.3 is 16.0 Å². The van der Waals surface area contributed by atoms with E-state index >= 15 is 0 Å². The lowest BCUT2D eigenvalue weighted by Crippen LogP contribution is -2.11. The molecule has 0 spiro atoms. The van der Waals surface area contributed by atoms with Gasteiger partial charge in [0.2, 0.25) is 5.91 Å². The summed E-state index contributed by atoms with van der Waals surface area (Å²) in [6.45, 7) is 3.38. The maximum atomic E-state index is 13.1. The van der Waals surface area contributed by atoms with Crippen molar-refractivity contribution in [2.24, 2.45) is 0 Å². The van der Waals surface area contributed by atoms with Crippen LogP contribution in [0.15, 0.2) is 55.0 Å². The van der Waals surface area contributed by atoms with E-state index in [1.807, 2.05) is 6.92 Å². The molecule has 0 aliphatic rings. The summed E-state index contributed by atoms with van der Waals surface area (Å²) in [5, 5.41) is 9.06. The number of benzene rings is 1. The first-order valence-electron chi connectivity index (χ1n) is 8.34. The number of hydrogen-bond donors (Lipinski definition) is 3. The minimum Gasteiger partial charge on any atom is -0.363 e. The highest BCUT2D eigenvalue weighted by Crippen LogP contribution is 2.24. The second-order valence-electron chi connectivity index (χ2n) is 5.94. The van der Waals surface area contributed by atoms with Crippen LogP contribution in [0.1, 0.15) is 25.5 Å². The lowest BCUT2D eigenvalue weighted by atomic mass is 10.1. The van der Waals surface area contributed by atoms with Crippen LogP contribution in [-0.2, 0) is 4.79 Å². The second kappa shape index (κ2) is 8.22. The molecule has 138 valence electrons. The Morgan fingerprint density at radius 1 is 1.07 bits per heavy atom. The van der Waals surface area contributed by atoms with Gasteiger partial charge in [0.25, 0.3) is 0 Å². The lowest BCUT2D eigenvalue weighted by Gasteiger charge is -2.17. The minimum absolute atomic E-state index is 0.116. The van der Waals surface area contributed by atoms with Crippen molar-refractivity contribution >= 4 is 29.0 Å². The van der Waals surface area contributed by atoms with Crippen molar-refractivity contribution in [3.63, 3.8) is 0 Å². The van der Waals surface area contributed by atoms with E-state index in [1.165, 1.54) is 19.1 Å². The van der Waals surface area contributed by atoms with Gasteiger partial charge in [-0.2, -0.15) is 0 Å². The molecule has 3 aromatic rings. The molecule has 27 heavy (non-hydrogen) atoms. The number of rotatable bonds is 6. The Bertz CT molecular complexity index is 917. The van der Waals surface area contributed by atoms with Crippen molar-refractivity contribution in [3.8, 4) is 0 Å². The Morgan fingerprint density at radius 2 is 1.81 bits per heavy atom. The highest BCUT2D eigenvalue weighted by atomic mass is 19.1. The quantitative estimate of drug-likeness (QED) is 0.613. The number of carbonyl (C=O) groups is 1. The summed E-state index contributed by atoms with van der Waals surface area (Å²) in [4.78, 5) is 24.1. The highest BCUT2D eigenvalue weighted by molar-refractivity contribution is 5.89. The molecule has 0 saturated heterocycles. The van der Waals surface area contributed by atoms with E-state index in [2.05, 4.69) is 30.9 Å². The molecule has 0 saturated carbocycles.